The van der Waals surface area contributed by atoms with Crippen molar-refractivity contribution < 1.29 is 23.3 Å². The van der Waals surface area contributed by atoms with Crippen molar-refractivity contribution in [2.45, 2.75) is 51.0 Å². The molecule has 8 nitrogen and oxygen atoms in total. The van der Waals surface area contributed by atoms with Gasteiger partial charge in [0.2, 0.25) is 0 Å². The molecule has 1 fully saturated rings. The third-order valence-corrected chi connectivity index (χ3v) is 6.63. The van der Waals surface area contributed by atoms with Crippen LogP contribution in [-0.2, 0) is 45.4 Å². The Kier molecular flexibility index (Phi) is 9.30. The minimum Gasteiger partial charge on any atom is -0.374 e. The van der Waals surface area contributed by atoms with Crippen LogP contribution in [0.25, 0.3) is 0 Å². The van der Waals surface area contributed by atoms with E-state index in [4.69, 9.17) is 18.9 Å². The number of H-pyrrole nitrogens is 1. The summed E-state index contributed by atoms with van der Waals surface area (Å²) in [6, 6.07) is 28.5. The molecule has 4 aromatic rings. The number of nitrogens with one attached hydrogen (secondary N) is 1. The summed E-state index contributed by atoms with van der Waals surface area (Å²) < 4.78 is 40.5. The topological polar surface area (TPSA) is 91.8 Å². The van der Waals surface area contributed by atoms with Gasteiger partial charge in [0.1, 0.15) is 12.2 Å². The Morgan fingerprint density at radius 2 is 1.30 bits per heavy atom. The van der Waals surface area contributed by atoms with E-state index in [0.29, 0.717) is 6.61 Å². The van der Waals surface area contributed by atoms with Gasteiger partial charge in [0.15, 0.2) is 12.4 Å². The lowest BCUT2D eigenvalue weighted by atomic mass is 10.1. The average Bonchev–Trinajstić information content (AvgIpc) is 3.29. The third-order valence-electron chi connectivity index (χ3n) is 6.63. The number of rotatable bonds is 12. The zero-order chi connectivity index (χ0) is 27.7. The molecule has 40 heavy (non-hydrogen) atoms. The molecule has 1 N–H and O–H groups in total. The maximum atomic E-state index is 15.9. The van der Waals surface area contributed by atoms with Crippen LogP contribution in [0.4, 0.5) is 4.39 Å². The molecule has 0 saturated carbocycles. The highest BCUT2D eigenvalue weighted by Crippen LogP contribution is 2.34. The van der Waals surface area contributed by atoms with Gasteiger partial charge < -0.3 is 18.9 Å². The number of nitrogens with zero attached hydrogens (tertiary/aromatic N) is 1. The Morgan fingerprint density at radius 3 is 1.90 bits per heavy atom. The summed E-state index contributed by atoms with van der Waals surface area (Å²) in [6.07, 6.45) is -3.51. The van der Waals surface area contributed by atoms with Gasteiger partial charge in [-0.1, -0.05) is 91.0 Å². The van der Waals surface area contributed by atoms with Crippen molar-refractivity contribution in [3.8, 4) is 0 Å². The van der Waals surface area contributed by atoms with Crippen LogP contribution in [0, 0.1) is 0 Å². The number of hydrogen-bond acceptors (Lipinski definition) is 6. The SMILES string of the molecule is O=c1[nH]c(=O)n(C2OC(COCc3ccccc3)C(OCc3ccccc3)C2F)cc1COCc1ccccc1. The fraction of sp³-hybridized carbons (Fsp3) is 0.290. The molecule has 208 valence electrons. The first-order valence-corrected chi connectivity index (χ1v) is 13.1. The zero-order valence-corrected chi connectivity index (χ0v) is 21.9. The smallest absolute Gasteiger partial charge is 0.330 e. The minimum absolute atomic E-state index is 0.0520. The first-order chi connectivity index (χ1) is 19.6. The van der Waals surface area contributed by atoms with Gasteiger partial charge in [-0.25, -0.2) is 9.18 Å². The highest BCUT2D eigenvalue weighted by Gasteiger charge is 2.47. The van der Waals surface area contributed by atoms with Gasteiger partial charge in [-0.15, -0.1) is 0 Å². The van der Waals surface area contributed by atoms with E-state index >= 15 is 4.39 Å². The van der Waals surface area contributed by atoms with E-state index in [0.717, 1.165) is 21.3 Å². The third kappa shape index (κ3) is 7.00. The van der Waals surface area contributed by atoms with Gasteiger partial charge in [-0.05, 0) is 16.7 Å². The fourth-order valence-electron chi connectivity index (χ4n) is 4.56. The molecule has 5 rings (SSSR count). The van der Waals surface area contributed by atoms with Crippen molar-refractivity contribution in [2.24, 2.45) is 0 Å². The summed E-state index contributed by atoms with van der Waals surface area (Å²) in [5.41, 5.74) is 1.58. The van der Waals surface area contributed by atoms with Gasteiger partial charge >= 0.3 is 5.69 Å². The minimum atomic E-state index is -1.70. The molecule has 0 radical (unpaired) electrons. The van der Waals surface area contributed by atoms with Crippen LogP contribution in [0.5, 0.6) is 0 Å². The molecular formula is C31H31FN2O6. The van der Waals surface area contributed by atoms with Gasteiger partial charge in [0.05, 0.1) is 38.6 Å². The summed E-state index contributed by atoms with van der Waals surface area (Å²) in [5.74, 6) is 0. The van der Waals surface area contributed by atoms with Crippen molar-refractivity contribution in [1.82, 2.24) is 9.55 Å². The number of ether oxygens (including phenoxy) is 4. The van der Waals surface area contributed by atoms with Gasteiger partial charge in [0, 0.05) is 6.20 Å². The maximum Gasteiger partial charge on any atom is 0.330 e. The lowest BCUT2D eigenvalue weighted by Gasteiger charge is -2.20. The van der Waals surface area contributed by atoms with Crippen LogP contribution < -0.4 is 11.2 Å². The highest BCUT2D eigenvalue weighted by atomic mass is 19.1. The lowest BCUT2D eigenvalue weighted by molar-refractivity contribution is -0.0833. The predicted octanol–water partition coefficient (Wildman–Crippen LogP) is 4.29. The van der Waals surface area contributed by atoms with E-state index in [1.54, 1.807) is 0 Å². The van der Waals surface area contributed by atoms with E-state index in [1.807, 2.05) is 91.0 Å². The molecule has 0 aliphatic carbocycles. The lowest BCUT2D eigenvalue weighted by Crippen LogP contribution is -2.38. The van der Waals surface area contributed by atoms with Crippen LogP contribution >= 0.6 is 0 Å². The molecule has 4 unspecified atom stereocenters. The van der Waals surface area contributed by atoms with Gasteiger partial charge in [-0.2, -0.15) is 0 Å². The number of benzene rings is 3. The second-order valence-corrected chi connectivity index (χ2v) is 9.57. The number of hydrogen-bond donors (Lipinski definition) is 1. The second-order valence-electron chi connectivity index (χ2n) is 9.57. The van der Waals surface area contributed by atoms with Crippen LogP contribution in [-0.4, -0.2) is 34.5 Å². The Morgan fingerprint density at radius 1 is 0.750 bits per heavy atom. The van der Waals surface area contributed by atoms with Crippen molar-refractivity contribution in [3.05, 3.63) is 140 Å². The molecule has 9 heteroatoms. The Bertz CT molecular complexity index is 1460. The average molecular weight is 547 g/mol. The number of alkyl halides is 1. The molecular weight excluding hydrogens is 515 g/mol. The molecule has 1 aliphatic rings. The molecule has 0 spiro atoms. The van der Waals surface area contributed by atoms with Crippen molar-refractivity contribution >= 4 is 0 Å². The number of aromatic nitrogens is 2. The van der Waals surface area contributed by atoms with Crippen molar-refractivity contribution in [3.63, 3.8) is 0 Å². The van der Waals surface area contributed by atoms with Gasteiger partial charge in [-0.3, -0.25) is 14.3 Å². The normalized spacial score (nSPS) is 20.5. The molecule has 4 atom stereocenters. The van der Waals surface area contributed by atoms with Crippen molar-refractivity contribution in [2.75, 3.05) is 6.61 Å². The molecule has 0 bridgehead atoms. The molecule has 1 aliphatic heterocycles. The second kappa shape index (κ2) is 13.5. The predicted molar refractivity (Wildman–Crippen MR) is 146 cm³/mol. The van der Waals surface area contributed by atoms with Crippen LogP contribution in [0.3, 0.4) is 0 Å². The summed E-state index contributed by atoms with van der Waals surface area (Å²) in [4.78, 5) is 27.5. The van der Waals surface area contributed by atoms with E-state index in [1.165, 1.54) is 6.20 Å². The zero-order valence-electron chi connectivity index (χ0n) is 21.9. The van der Waals surface area contributed by atoms with Crippen LogP contribution in [0.2, 0.25) is 0 Å². The summed E-state index contributed by atoms with van der Waals surface area (Å²) >= 11 is 0. The Labute approximate surface area is 230 Å². The molecule has 1 saturated heterocycles. The summed E-state index contributed by atoms with van der Waals surface area (Å²) in [7, 11) is 0. The largest absolute Gasteiger partial charge is 0.374 e. The van der Waals surface area contributed by atoms with E-state index in [-0.39, 0.29) is 32.0 Å². The molecule has 3 aromatic carbocycles. The van der Waals surface area contributed by atoms with E-state index < -0.39 is 35.9 Å². The maximum absolute atomic E-state index is 15.9. The summed E-state index contributed by atoms with van der Waals surface area (Å²) in [5, 5.41) is 0. The Hall–Kier alpha value is -3.89. The highest BCUT2D eigenvalue weighted by molar-refractivity contribution is 5.15. The standard InChI is InChI=1S/C31H31FN2O6/c32-27-28(39-19-24-14-8-3-9-15-24)26(21-38-18-23-12-6-2-7-13-23)40-30(27)34-16-25(29(35)33-31(34)36)20-37-17-22-10-4-1-5-11-22/h1-16,26-28,30H,17-21H2,(H,33,35,36). The number of aromatic amines is 1. The first kappa shape index (κ1) is 27.7. The molecule has 2 heterocycles. The van der Waals surface area contributed by atoms with Crippen molar-refractivity contribution in [1.29, 1.82) is 0 Å². The molecule has 0 amide bonds. The Balaban J connectivity index is 1.31. The van der Waals surface area contributed by atoms with E-state index in [2.05, 4.69) is 4.98 Å². The quantitative estimate of drug-likeness (QED) is 0.285. The monoisotopic (exact) mass is 546 g/mol. The van der Waals surface area contributed by atoms with Gasteiger partial charge in [0.25, 0.3) is 5.56 Å². The molecule has 1 aromatic heterocycles. The number of halogens is 1. The van der Waals surface area contributed by atoms with E-state index in [9.17, 15) is 9.59 Å². The van der Waals surface area contributed by atoms with Crippen LogP contribution in [0.1, 0.15) is 28.5 Å². The first-order valence-electron chi connectivity index (χ1n) is 13.1. The fourth-order valence-corrected chi connectivity index (χ4v) is 4.56. The summed E-state index contributed by atoms with van der Waals surface area (Å²) in [6.45, 7) is 0.745. The van der Waals surface area contributed by atoms with Crippen LogP contribution in [0.15, 0.2) is 107 Å².